The van der Waals surface area contributed by atoms with Crippen molar-refractivity contribution in [2.24, 2.45) is 5.92 Å². The van der Waals surface area contributed by atoms with E-state index in [2.05, 4.69) is 11.8 Å². The highest BCUT2D eigenvalue weighted by atomic mass is 16.5. The maximum atomic E-state index is 7.79. The average Bonchev–Trinajstić information content (AvgIpc) is 2.72. The fourth-order valence-electron chi connectivity index (χ4n) is 2.33. The summed E-state index contributed by atoms with van der Waals surface area (Å²) in [5.41, 5.74) is 0. The van der Waals surface area contributed by atoms with Crippen LogP contribution in [-0.2, 0) is 4.74 Å². The summed E-state index contributed by atoms with van der Waals surface area (Å²) in [5, 5.41) is 7.79. The van der Waals surface area contributed by atoms with Gasteiger partial charge in [-0.25, -0.2) is 0 Å². The molecule has 0 bridgehead atoms. The third kappa shape index (κ3) is 1.70. The second-order valence-corrected chi connectivity index (χ2v) is 4.11. The lowest BCUT2D eigenvalue weighted by Gasteiger charge is -2.30. The Balaban J connectivity index is 1.94. The summed E-state index contributed by atoms with van der Waals surface area (Å²) in [6.45, 7) is 5.12. The van der Waals surface area contributed by atoms with Crippen LogP contribution >= 0.6 is 0 Å². The van der Waals surface area contributed by atoms with Crippen molar-refractivity contribution in [2.45, 2.75) is 32.2 Å². The van der Waals surface area contributed by atoms with E-state index in [9.17, 15) is 0 Å². The van der Waals surface area contributed by atoms with Crippen LogP contribution in [0.5, 0.6) is 0 Å². The number of amidine groups is 1. The highest BCUT2D eigenvalue weighted by molar-refractivity contribution is 5.81. The second kappa shape index (κ2) is 3.66. The molecular weight excluding hydrogens is 164 g/mol. The standard InChI is InChI=1S/C10H18N2O/c1-8(9-4-6-13-7-9)12-5-2-3-10(12)11/h8-9,11H,2-7H2,1H3. The Morgan fingerprint density at radius 1 is 1.62 bits per heavy atom. The van der Waals surface area contributed by atoms with Crippen LogP contribution in [0.1, 0.15) is 26.2 Å². The van der Waals surface area contributed by atoms with Gasteiger partial charge in [-0.1, -0.05) is 0 Å². The van der Waals surface area contributed by atoms with Crippen LogP contribution in [0, 0.1) is 11.3 Å². The minimum Gasteiger partial charge on any atom is -0.381 e. The SMILES string of the molecule is CC(C1CCOC1)N1CCCC1=N. The molecule has 2 saturated heterocycles. The third-order valence-corrected chi connectivity index (χ3v) is 3.30. The lowest BCUT2D eigenvalue weighted by molar-refractivity contribution is 0.164. The Morgan fingerprint density at radius 3 is 3.00 bits per heavy atom. The van der Waals surface area contributed by atoms with Crippen molar-refractivity contribution in [1.82, 2.24) is 4.90 Å². The van der Waals surface area contributed by atoms with Crippen LogP contribution in [0.2, 0.25) is 0 Å². The fourth-order valence-corrected chi connectivity index (χ4v) is 2.33. The van der Waals surface area contributed by atoms with Gasteiger partial charge in [0.2, 0.25) is 0 Å². The number of hydrogen-bond donors (Lipinski definition) is 1. The summed E-state index contributed by atoms with van der Waals surface area (Å²) >= 11 is 0. The zero-order valence-corrected chi connectivity index (χ0v) is 8.25. The lowest BCUT2D eigenvalue weighted by atomic mass is 9.99. The second-order valence-electron chi connectivity index (χ2n) is 4.11. The van der Waals surface area contributed by atoms with Crippen LogP contribution < -0.4 is 0 Å². The van der Waals surface area contributed by atoms with Gasteiger partial charge >= 0.3 is 0 Å². The van der Waals surface area contributed by atoms with Crippen molar-refractivity contribution in [2.75, 3.05) is 19.8 Å². The molecule has 2 heterocycles. The summed E-state index contributed by atoms with van der Waals surface area (Å²) in [4.78, 5) is 2.25. The molecule has 2 aliphatic heterocycles. The average molecular weight is 182 g/mol. The number of hydrogen-bond acceptors (Lipinski definition) is 2. The van der Waals surface area contributed by atoms with E-state index in [0.717, 1.165) is 38.4 Å². The molecule has 0 aromatic heterocycles. The van der Waals surface area contributed by atoms with Gasteiger partial charge < -0.3 is 9.64 Å². The quantitative estimate of drug-likeness (QED) is 0.702. The molecule has 13 heavy (non-hydrogen) atoms. The molecule has 2 fully saturated rings. The van der Waals surface area contributed by atoms with Crippen molar-refractivity contribution in [3.05, 3.63) is 0 Å². The fraction of sp³-hybridized carbons (Fsp3) is 0.900. The van der Waals surface area contributed by atoms with Gasteiger partial charge in [-0.3, -0.25) is 5.41 Å². The molecule has 2 unspecified atom stereocenters. The number of likely N-dealkylation sites (tertiary alicyclic amines) is 1. The molecule has 0 aromatic carbocycles. The first-order chi connectivity index (χ1) is 6.29. The Kier molecular flexibility index (Phi) is 2.54. The summed E-state index contributed by atoms with van der Waals surface area (Å²) in [6.07, 6.45) is 3.31. The van der Waals surface area contributed by atoms with E-state index in [1.165, 1.54) is 6.42 Å². The maximum Gasteiger partial charge on any atom is 0.0960 e. The van der Waals surface area contributed by atoms with Crippen LogP contribution in [0.25, 0.3) is 0 Å². The van der Waals surface area contributed by atoms with E-state index >= 15 is 0 Å². The van der Waals surface area contributed by atoms with Crippen molar-refractivity contribution in [3.8, 4) is 0 Å². The smallest absolute Gasteiger partial charge is 0.0960 e. The van der Waals surface area contributed by atoms with E-state index < -0.39 is 0 Å². The highest BCUT2D eigenvalue weighted by Gasteiger charge is 2.30. The first kappa shape index (κ1) is 9.00. The molecule has 1 N–H and O–H groups in total. The van der Waals surface area contributed by atoms with Crippen molar-refractivity contribution >= 4 is 5.84 Å². The minimum atomic E-state index is 0.512. The van der Waals surface area contributed by atoms with Gasteiger partial charge in [-0.15, -0.1) is 0 Å². The van der Waals surface area contributed by atoms with Crippen LogP contribution in [-0.4, -0.2) is 36.5 Å². The molecule has 0 saturated carbocycles. The normalized spacial score (nSPS) is 31.3. The Labute approximate surface area is 79.6 Å². The molecule has 0 aromatic rings. The summed E-state index contributed by atoms with van der Waals surface area (Å²) in [5.74, 6) is 1.48. The van der Waals surface area contributed by atoms with Gasteiger partial charge in [0.25, 0.3) is 0 Å². The van der Waals surface area contributed by atoms with Gasteiger partial charge in [-0.2, -0.15) is 0 Å². The molecule has 2 aliphatic rings. The van der Waals surface area contributed by atoms with Crippen LogP contribution in [0.4, 0.5) is 0 Å². The summed E-state index contributed by atoms with van der Waals surface area (Å²) in [7, 11) is 0. The maximum absolute atomic E-state index is 7.79. The van der Waals surface area contributed by atoms with Crippen LogP contribution in [0.15, 0.2) is 0 Å². The van der Waals surface area contributed by atoms with E-state index in [1.54, 1.807) is 0 Å². The molecule has 3 nitrogen and oxygen atoms in total. The number of nitrogens with zero attached hydrogens (tertiary/aromatic N) is 1. The zero-order chi connectivity index (χ0) is 9.26. The van der Waals surface area contributed by atoms with Crippen LogP contribution in [0.3, 0.4) is 0 Å². The Bertz CT molecular complexity index is 199. The van der Waals surface area contributed by atoms with Gasteiger partial charge in [0.15, 0.2) is 0 Å². The van der Waals surface area contributed by atoms with E-state index in [1.807, 2.05) is 0 Å². The lowest BCUT2D eigenvalue weighted by Crippen LogP contribution is -2.39. The van der Waals surface area contributed by atoms with E-state index in [0.29, 0.717) is 12.0 Å². The molecule has 0 amide bonds. The summed E-state index contributed by atoms with van der Waals surface area (Å²) < 4.78 is 5.38. The van der Waals surface area contributed by atoms with E-state index in [-0.39, 0.29) is 0 Å². The topological polar surface area (TPSA) is 36.3 Å². The van der Waals surface area contributed by atoms with Gasteiger partial charge in [-0.05, 0) is 19.8 Å². The highest BCUT2D eigenvalue weighted by Crippen LogP contribution is 2.24. The number of rotatable bonds is 2. The largest absolute Gasteiger partial charge is 0.381 e. The predicted molar refractivity (Wildman–Crippen MR) is 52.1 cm³/mol. The first-order valence-electron chi connectivity index (χ1n) is 5.21. The first-order valence-corrected chi connectivity index (χ1v) is 5.21. The molecular formula is C10H18N2O. The number of nitrogens with one attached hydrogen (secondary N) is 1. The molecule has 0 radical (unpaired) electrons. The monoisotopic (exact) mass is 182 g/mol. The molecule has 2 rings (SSSR count). The predicted octanol–water partition coefficient (Wildman–Crippen LogP) is 1.48. The number of ether oxygens (including phenoxy) is 1. The minimum absolute atomic E-state index is 0.512. The van der Waals surface area contributed by atoms with Gasteiger partial charge in [0, 0.05) is 31.5 Å². The van der Waals surface area contributed by atoms with Gasteiger partial charge in [0.05, 0.1) is 12.4 Å². The summed E-state index contributed by atoms with van der Waals surface area (Å²) in [6, 6.07) is 0.512. The van der Waals surface area contributed by atoms with E-state index in [4.69, 9.17) is 10.1 Å². The Hall–Kier alpha value is -0.570. The van der Waals surface area contributed by atoms with Crippen molar-refractivity contribution < 1.29 is 4.74 Å². The van der Waals surface area contributed by atoms with Crippen molar-refractivity contribution in [3.63, 3.8) is 0 Å². The molecule has 0 aliphatic carbocycles. The molecule has 74 valence electrons. The van der Waals surface area contributed by atoms with Gasteiger partial charge in [0.1, 0.15) is 0 Å². The zero-order valence-electron chi connectivity index (χ0n) is 8.25. The third-order valence-electron chi connectivity index (χ3n) is 3.30. The Morgan fingerprint density at radius 2 is 2.46 bits per heavy atom. The molecule has 3 heteroatoms. The molecule has 2 atom stereocenters. The molecule has 0 spiro atoms. The van der Waals surface area contributed by atoms with Crippen molar-refractivity contribution in [1.29, 1.82) is 5.41 Å².